The molecule has 588 valence electrons. The van der Waals surface area contributed by atoms with Gasteiger partial charge in [0.15, 0.2) is 11.8 Å². The summed E-state index contributed by atoms with van der Waals surface area (Å²) in [7, 11) is 15.4. The van der Waals surface area contributed by atoms with E-state index in [-0.39, 0.29) is 86.6 Å². The maximum absolute atomic E-state index is 14.1. The summed E-state index contributed by atoms with van der Waals surface area (Å²) in [5.74, 6) is -2.49. The molecular formula is C78H124N4O22. The second kappa shape index (κ2) is 48.0. The molecule has 26 heteroatoms. The number of oxazole rings is 2. The normalized spacial score (nSPS) is 26.9. The number of esters is 2. The Balaban J connectivity index is 1.99. The minimum absolute atomic E-state index is 0.0193. The van der Waals surface area contributed by atoms with Crippen molar-refractivity contribution in [3.8, 4) is 0 Å². The summed E-state index contributed by atoms with van der Waals surface area (Å²) in [5, 5.41) is 47.1. The van der Waals surface area contributed by atoms with Crippen molar-refractivity contribution in [2.24, 2.45) is 34.5 Å². The number of ketones is 2. The third-order valence-electron chi connectivity index (χ3n) is 20.2. The molecule has 2 amide bonds. The first-order chi connectivity index (χ1) is 49.4. The predicted molar refractivity (Wildman–Crippen MR) is 390 cm³/mol. The SMILES string of the molecule is COC1/C=C/C=C/CC(OC)c2coc(n2)C[C@H](O)C(C)(C)C(C[C@H](OC)[C@@H](C)CCC(=O)[C@H](C)[C@@H](C/C=C/N(C)C=O)OC)OC(=O)C[C@@H](O)CC(OC)/C=C/C=C/CC(OC)c2coc(n2)C[C@H](O)C(C)(C)C(C[C@H](OC)[C@@H](C)CCC(=O)[C@H](C)[C@@H](C/C=C/N(C)C=O)OC)OC(=O)C[C@@H](O)C1. The molecule has 2 aromatic heterocycles. The second-order valence-corrected chi connectivity index (χ2v) is 28.5. The van der Waals surface area contributed by atoms with E-state index in [0.717, 1.165) is 0 Å². The summed E-state index contributed by atoms with van der Waals surface area (Å²) in [4.78, 5) is 89.7. The molecule has 0 aromatic carbocycles. The third-order valence-corrected chi connectivity index (χ3v) is 20.2. The van der Waals surface area contributed by atoms with Gasteiger partial charge in [-0.25, -0.2) is 9.97 Å². The van der Waals surface area contributed by atoms with E-state index in [1.54, 1.807) is 117 Å². The number of nitrogens with zero attached hydrogens (tertiary/aromatic N) is 4. The molecule has 26 nitrogen and oxygen atoms in total. The van der Waals surface area contributed by atoms with Crippen LogP contribution in [-0.4, -0.2) is 221 Å². The fourth-order valence-corrected chi connectivity index (χ4v) is 12.4. The number of aromatic nitrogens is 2. The number of allylic oxidation sites excluding steroid dienone is 4. The number of amides is 2. The molecule has 0 fully saturated rings. The second-order valence-electron chi connectivity index (χ2n) is 28.5. The smallest absolute Gasteiger partial charge is 0.308 e. The molecule has 104 heavy (non-hydrogen) atoms. The van der Waals surface area contributed by atoms with E-state index in [4.69, 9.17) is 66.2 Å². The molecule has 0 saturated heterocycles. The fourth-order valence-electron chi connectivity index (χ4n) is 12.4. The third kappa shape index (κ3) is 31.2. The zero-order valence-electron chi connectivity index (χ0n) is 64.9. The number of carbonyl (C=O) groups excluding carboxylic acids is 6. The lowest BCUT2D eigenvalue weighted by atomic mass is 9.75. The van der Waals surface area contributed by atoms with Gasteiger partial charge in [-0.3, -0.25) is 28.8 Å². The lowest BCUT2D eigenvalue weighted by Gasteiger charge is -2.40. The van der Waals surface area contributed by atoms with Crippen molar-refractivity contribution in [3.63, 3.8) is 0 Å². The summed E-state index contributed by atoms with van der Waals surface area (Å²) < 4.78 is 70.9. The first kappa shape index (κ1) is 91.8. The van der Waals surface area contributed by atoms with Crippen LogP contribution in [0.1, 0.15) is 181 Å². The highest BCUT2D eigenvalue weighted by Gasteiger charge is 2.44. The Morgan fingerprint density at radius 2 is 0.904 bits per heavy atom. The van der Waals surface area contributed by atoms with Gasteiger partial charge in [0, 0.05) is 145 Å². The Morgan fingerprint density at radius 1 is 0.548 bits per heavy atom. The standard InChI is InChI=1S/C78H124N4O22/c1-51(33-35-61(87)53(3)63(95-13)31-25-37-81(9)49-83)67(99-17)43-71-77(5,6)69(89)45-73-79-59(47-101-73)65(97-15)29-23-20-22-28-58(94-12)40-56(86)42-76(92)104-72(44-68(100-18)52(2)34-36-62(88)54(4)64(96-14)32-26-38-82(10)50-84)78(7,8)70(90)46-74-80-60(48-102-74)66(98-16)30-24-19-21-27-57(93-11)39-55(85)41-75(91)103-71/h19-28,37-38,47-58,63-72,85-86,89-90H,29-36,39-46H2,1-18H3/b23-20+,24-19+,27-21+,28-22+,37-25+,38-26+/t51-,52-,53-,54-,55-,56-,57?,58?,63+,64+,65?,66?,67-,68-,69-,70-,71?,72?/m0/s1. The lowest BCUT2D eigenvalue weighted by molar-refractivity contribution is -0.169. The molecule has 2 aromatic rings. The van der Waals surface area contributed by atoms with Crippen LogP contribution in [0.4, 0.5) is 0 Å². The predicted octanol–water partition coefficient (Wildman–Crippen LogP) is 9.82. The zero-order chi connectivity index (χ0) is 77.7. The summed E-state index contributed by atoms with van der Waals surface area (Å²) in [6.07, 6.45) is 16.1. The Hall–Kier alpha value is -6.40. The first-order valence-electron chi connectivity index (χ1n) is 36.0. The van der Waals surface area contributed by atoms with Crippen molar-refractivity contribution < 1.29 is 105 Å². The largest absolute Gasteiger partial charge is 0.462 e. The van der Waals surface area contributed by atoms with Gasteiger partial charge in [-0.1, -0.05) is 116 Å². The van der Waals surface area contributed by atoms with Crippen LogP contribution >= 0.6 is 0 Å². The van der Waals surface area contributed by atoms with Crippen LogP contribution in [0.15, 0.2) is 94.5 Å². The summed E-state index contributed by atoms with van der Waals surface area (Å²) in [6.45, 7) is 14.6. The van der Waals surface area contributed by atoms with Crippen LogP contribution in [-0.2, 0) is 89.0 Å². The number of aliphatic hydroxyl groups excluding tert-OH is 4. The highest BCUT2D eigenvalue weighted by atomic mass is 16.6. The van der Waals surface area contributed by atoms with E-state index < -0.39 is 133 Å². The quantitative estimate of drug-likeness (QED) is 0.0391. The van der Waals surface area contributed by atoms with Crippen molar-refractivity contribution in [1.82, 2.24) is 19.8 Å². The van der Waals surface area contributed by atoms with Gasteiger partial charge in [-0.05, 0) is 50.4 Å². The lowest BCUT2D eigenvalue weighted by Crippen LogP contribution is -2.46. The molecule has 1 aliphatic heterocycles. The average molecular weight is 1470 g/mol. The van der Waals surface area contributed by atoms with E-state index in [0.29, 0.717) is 62.7 Å². The number of rotatable bonds is 32. The summed E-state index contributed by atoms with van der Waals surface area (Å²) in [5.41, 5.74) is -1.47. The fraction of sp³-hybridized carbons (Fsp3) is 0.692. The summed E-state index contributed by atoms with van der Waals surface area (Å²) >= 11 is 0. The van der Waals surface area contributed by atoms with Crippen LogP contribution < -0.4 is 0 Å². The van der Waals surface area contributed by atoms with Crippen molar-refractivity contribution >= 4 is 36.3 Å². The molecular weight excluding hydrogens is 1340 g/mol. The Bertz CT molecular complexity index is 2810. The monoisotopic (exact) mass is 1470 g/mol. The maximum Gasteiger partial charge on any atom is 0.308 e. The number of hydrogen-bond donors (Lipinski definition) is 4. The number of methoxy groups -OCH3 is 8. The number of carbonyl (C=O) groups is 6. The number of Topliss-reactive ketones (excluding diaryl/α,β-unsaturated/α-hetero) is 2. The van der Waals surface area contributed by atoms with Crippen LogP contribution in [0.25, 0.3) is 0 Å². The number of aliphatic hydroxyl groups is 4. The number of fused-ring (bicyclic) bond motifs is 4. The molecule has 0 saturated carbocycles. The maximum atomic E-state index is 14.1. The van der Waals surface area contributed by atoms with Crippen molar-refractivity contribution in [2.45, 2.75) is 244 Å². The minimum Gasteiger partial charge on any atom is -0.462 e. The van der Waals surface area contributed by atoms with Gasteiger partial charge in [-0.15, -0.1) is 0 Å². The van der Waals surface area contributed by atoms with Crippen LogP contribution in [0.3, 0.4) is 0 Å². The van der Waals surface area contributed by atoms with Gasteiger partial charge in [0.05, 0.1) is 86.7 Å². The van der Waals surface area contributed by atoms with Crippen molar-refractivity contribution in [2.75, 3.05) is 71.0 Å². The number of hydrogen-bond acceptors (Lipinski definition) is 24. The van der Waals surface area contributed by atoms with Crippen LogP contribution in [0, 0.1) is 34.5 Å². The van der Waals surface area contributed by atoms with Crippen LogP contribution in [0.2, 0.25) is 0 Å². The highest BCUT2D eigenvalue weighted by molar-refractivity contribution is 5.81. The van der Waals surface area contributed by atoms with E-state index >= 15 is 0 Å². The average Bonchev–Trinajstić information content (AvgIpc) is 1.20. The van der Waals surface area contributed by atoms with E-state index in [1.807, 2.05) is 39.8 Å². The molecule has 3 heterocycles. The minimum atomic E-state index is -1.21. The van der Waals surface area contributed by atoms with Gasteiger partial charge in [0.1, 0.15) is 59.9 Å². The molecule has 0 aliphatic carbocycles. The highest BCUT2D eigenvalue weighted by Crippen LogP contribution is 2.38. The Kier molecular flexibility index (Phi) is 42.4. The molecule has 0 radical (unpaired) electrons. The summed E-state index contributed by atoms with van der Waals surface area (Å²) in [6, 6.07) is 0. The topological polar surface area (TPSA) is 334 Å². The Morgan fingerprint density at radius 3 is 1.22 bits per heavy atom. The van der Waals surface area contributed by atoms with Crippen molar-refractivity contribution in [3.05, 3.63) is 109 Å². The van der Waals surface area contributed by atoms with Gasteiger partial charge < -0.3 is 86.4 Å². The first-order valence-corrected chi connectivity index (χ1v) is 36.0. The van der Waals surface area contributed by atoms with Crippen molar-refractivity contribution in [1.29, 1.82) is 0 Å². The van der Waals surface area contributed by atoms with E-state index in [2.05, 4.69) is 0 Å². The molecule has 4 N–H and O–H groups in total. The number of cyclic esters (lactones) is 2. The molecule has 3 rings (SSSR count). The molecule has 0 spiro atoms. The number of ether oxygens (including phenoxy) is 10. The van der Waals surface area contributed by atoms with Gasteiger partial charge >= 0.3 is 11.9 Å². The van der Waals surface area contributed by atoms with Gasteiger partial charge in [0.25, 0.3) is 0 Å². The van der Waals surface area contributed by atoms with Gasteiger partial charge in [-0.2, -0.15) is 0 Å². The van der Waals surface area contributed by atoms with E-state index in [1.165, 1.54) is 65.0 Å². The van der Waals surface area contributed by atoms with Crippen LogP contribution in [0.5, 0.6) is 0 Å². The molecule has 18 atom stereocenters. The Labute approximate surface area is 616 Å². The molecule has 1 aliphatic rings. The van der Waals surface area contributed by atoms with Gasteiger partial charge in [0.2, 0.25) is 12.8 Å². The zero-order valence-corrected chi connectivity index (χ0v) is 64.9. The molecule has 6 unspecified atom stereocenters. The van der Waals surface area contributed by atoms with E-state index in [9.17, 15) is 49.2 Å². The molecule has 4 bridgehead atoms.